The van der Waals surface area contributed by atoms with Crippen molar-refractivity contribution in [3.8, 4) is 11.5 Å². The van der Waals surface area contributed by atoms with Gasteiger partial charge in [0.1, 0.15) is 17.5 Å². The quantitative estimate of drug-likeness (QED) is 0.277. The molecule has 0 aliphatic carbocycles. The molecule has 0 saturated heterocycles. The first-order chi connectivity index (χ1) is 18.4. The molecule has 6 heteroatoms. The lowest BCUT2D eigenvalue weighted by atomic mass is 10.0. The molecule has 0 heterocycles. The van der Waals surface area contributed by atoms with Crippen molar-refractivity contribution in [1.82, 2.24) is 10.2 Å². The van der Waals surface area contributed by atoms with Crippen LogP contribution in [0.5, 0.6) is 11.5 Å². The van der Waals surface area contributed by atoms with Crippen LogP contribution in [0.1, 0.15) is 56.2 Å². The first kappa shape index (κ1) is 28.8. The number of nitrogens with zero attached hydrogens (tertiary/aromatic N) is 1. The van der Waals surface area contributed by atoms with Gasteiger partial charge in [-0.15, -0.1) is 0 Å². The maximum absolute atomic E-state index is 13.7. The summed E-state index contributed by atoms with van der Waals surface area (Å²) in [7, 11) is 1.61. The van der Waals surface area contributed by atoms with Gasteiger partial charge in [-0.2, -0.15) is 0 Å². The van der Waals surface area contributed by atoms with E-state index in [0.717, 1.165) is 24.0 Å². The van der Waals surface area contributed by atoms with Crippen molar-refractivity contribution in [1.29, 1.82) is 0 Å². The zero-order valence-electron chi connectivity index (χ0n) is 23.0. The van der Waals surface area contributed by atoms with Crippen molar-refractivity contribution in [3.63, 3.8) is 0 Å². The van der Waals surface area contributed by atoms with Crippen LogP contribution in [0, 0.1) is 0 Å². The minimum Gasteiger partial charge on any atom is -0.497 e. The van der Waals surface area contributed by atoms with E-state index >= 15 is 0 Å². The fourth-order valence-electron chi connectivity index (χ4n) is 4.20. The zero-order chi connectivity index (χ0) is 27.3. The molecule has 1 atom stereocenters. The van der Waals surface area contributed by atoms with Crippen molar-refractivity contribution in [2.75, 3.05) is 20.3 Å². The van der Waals surface area contributed by atoms with Gasteiger partial charge in [-0.1, -0.05) is 81.8 Å². The summed E-state index contributed by atoms with van der Waals surface area (Å²) in [6.45, 7) is 7.00. The Balaban J connectivity index is 1.88. The first-order valence-corrected chi connectivity index (χ1v) is 13.4. The van der Waals surface area contributed by atoms with E-state index in [0.29, 0.717) is 30.4 Å². The number of nitrogens with one attached hydrogen (secondary N) is 1. The standard InChI is InChI=1S/C32H40N2O4/c1-5-6-19-33-32(36)30(21-25-11-8-7-9-12-25)34(22-26-13-10-14-29(20-26)37-4)31(35)23-38-28-17-15-27(16-18-28)24(2)3/h7-18,20,24,30H,5-6,19,21-23H2,1-4H3,(H,33,36)/t30-/m1/s1. The fourth-order valence-corrected chi connectivity index (χ4v) is 4.20. The molecule has 3 aromatic rings. The highest BCUT2D eigenvalue weighted by Gasteiger charge is 2.30. The van der Waals surface area contributed by atoms with E-state index < -0.39 is 6.04 Å². The summed E-state index contributed by atoms with van der Waals surface area (Å²) in [6.07, 6.45) is 2.25. The average molecular weight is 517 g/mol. The molecular formula is C32H40N2O4. The van der Waals surface area contributed by atoms with Crippen molar-refractivity contribution >= 4 is 11.8 Å². The van der Waals surface area contributed by atoms with Crippen LogP contribution in [-0.4, -0.2) is 43.0 Å². The largest absolute Gasteiger partial charge is 0.497 e. The monoisotopic (exact) mass is 516 g/mol. The van der Waals surface area contributed by atoms with Gasteiger partial charge in [0.05, 0.1) is 7.11 Å². The van der Waals surface area contributed by atoms with Crippen LogP contribution in [0.2, 0.25) is 0 Å². The van der Waals surface area contributed by atoms with Crippen LogP contribution >= 0.6 is 0 Å². The molecule has 38 heavy (non-hydrogen) atoms. The maximum atomic E-state index is 13.7. The molecule has 0 spiro atoms. The Morgan fingerprint density at radius 2 is 1.61 bits per heavy atom. The third kappa shape index (κ3) is 8.65. The first-order valence-electron chi connectivity index (χ1n) is 13.4. The van der Waals surface area contributed by atoms with Gasteiger partial charge in [0.15, 0.2) is 6.61 Å². The summed E-state index contributed by atoms with van der Waals surface area (Å²) in [5, 5.41) is 3.04. The van der Waals surface area contributed by atoms with Gasteiger partial charge in [0.25, 0.3) is 5.91 Å². The summed E-state index contributed by atoms with van der Waals surface area (Å²) in [5.74, 6) is 1.31. The maximum Gasteiger partial charge on any atom is 0.261 e. The van der Waals surface area contributed by atoms with Crippen molar-refractivity contribution < 1.29 is 19.1 Å². The Hall–Kier alpha value is -3.80. The van der Waals surface area contributed by atoms with Crippen molar-refractivity contribution in [2.45, 2.75) is 58.5 Å². The van der Waals surface area contributed by atoms with Crippen LogP contribution in [-0.2, 0) is 22.6 Å². The molecule has 0 saturated carbocycles. The van der Waals surface area contributed by atoms with Crippen LogP contribution in [0.3, 0.4) is 0 Å². The SMILES string of the molecule is CCCCNC(=O)[C@@H](Cc1ccccc1)N(Cc1cccc(OC)c1)C(=O)COc1ccc(C(C)C)cc1. The summed E-state index contributed by atoms with van der Waals surface area (Å²) < 4.78 is 11.3. The second kappa shape index (κ2) is 14.8. The lowest BCUT2D eigenvalue weighted by Crippen LogP contribution is -2.51. The smallest absolute Gasteiger partial charge is 0.261 e. The van der Waals surface area contributed by atoms with E-state index in [2.05, 4.69) is 26.1 Å². The number of benzene rings is 3. The zero-order valence-corrected chi connectivity index (χ0v) is 23.0. The number of hydrogen-bond acceptors (Lipinski definition) is 4. The number of carbonyl (C=O) groups is 2. The number of hydrogen-bond donors (Lipinski definition) is 1. The summed E-state index contributed by atoms with van der Waals surface area (Å²) in [4.78, 5) is 28.8. The molecule has 0 fully saturated rings. The third-order valence-electron chi connectivity index (χ3n) is 6.50. The number of ether oxygens (including phenoxy) is 2. The number of carbonyl (C=O) groups excluding carboxylic acids is 2. The van der Waals surface area contributed by atoms with E-state index in [-0.39, 0.29) is 25.0 Å². The Morgan fingerprint density at radius 3 is 2.26 bits per heavy atom. The highest BCUT2D eigenvalue weighted by atomic mass is 16.5. The van der Waals surface area contributed by atoms with Gasteiger partial charge in [-0.25, -0.2) is 0 Å². The van der Waals surface area contributed by atoms with Crippen LogP contribution in [0.4, 0.5) is 0 Å². The highest BCUT2D eigenvalue weighted by molar-refractivity contribution is 5.88. The molecule has 0 bridgehead atoms. The second-order valence-electron chi connectivity index (χ2n) is 9.74. The Bertz CT molecular complexity index is 1150. The third-order valence-corrected chi connectivity index (χ3v) is 6.50. The molecule has 3 aromatic carbocycles. The molecule has 0 unspecified atom stereocenters. The lowest BCUT2D eigenvalue weighted by Gasteiger charge is -2.31. The number of methoxy groups -OCH3 is 1. The lowest BCUT2D eigenvalue weighted by molar-refractivity contribution is -0.142. The highest BCUT2D eigenvalue weighted by Crippen LogP contribution is 2.21. The predicted molar refractivity (Wildman–Crippen MR) is 151 cm³/mol. The van der Waals surface area contributed by atoms with Crippen molar-refractivity contribution in [2.24, 2.45) is 0 Å². The van der Waals surface area contributed by atoms with E-state index in [4.69, 9.17) is 9.47 Å². The number of amides is 2. The summed E-state index contributed by atoms with van der Waals surface area (Å²) in [5.41, 5.74) is 3.06. The van der Waals surface area contributed by atoms with E-state index in [1.807, 2.05) is 78.9 Å². The van der Waals surface area contributed by atoms with E-state index in [1.54, 1.807) is 12.0 Å². The topological polar surface area (TPSA) is 67.9 Å². The number of rotatable bonds is 14. The number of unbranched alkanes of at least 4 members (excludes halogenated alkanes) is 1. The molecule has 1 N–H and O–H groups in total. The normalized spacial score (nSPS) is 11.6. The fraction of sp³-hybridized carbons (Fsp3) is 0.375. The molecule has 2 amide bonds. The average Bonchev–Trinajstić information content (AvgIpc) is 2.94. The molecule has 0 radical (unpaired) electrons. The van der Waals surface area contributed by atoms with Gasteiger partial charge in [0.2, 0.25) is 5.91 Å². The molecular weight excluding hydrogens is 476 g/mol. The molecule has 6 nitrogen and oxygen atoms in total. The van der Waals surface area contributed by atoms with E-state index in [1.165, 1.54) is 5.56 Å². The van der Waals surface area contributed by atoms with Crippen molar-refractivity contribution in [3.05, 3.63) is 95.6 Å². The Kier molecular flexibility index (Phi) is 11.2. The molecule has 0 aromatic heterocycles. The van der Waals surface area contributed by atoms with Gasteiger partial charge < -0.3 is 19.7 Å². The van der Waals surface area contributed by atoms with Gasteiger partial charge in [-0.05, 0) is 53.3 Å². The molecule has 0 aliphatic rings. The summed E-state index contributed by atoms with van der Waals surface area (Å²) in [6, 6.07) is 24.5. The van der Waals surface area contributed by atoms with E-state index in [9.17, 15) is 9.59 Å². The Morgan fingerprint density at radius 1 is 0.895 bits per heavy atom. The molecule has 3 rings (SSSR count). The molecule has 202 valence electrons. The van der Waals surface area contributed by atoms with Crippen LogP contribution in [0.25, 0.3) is 0 Å². The van der Waals surface area contributed by atoms with Gasteiger partial charge in [0, 0.05) is 19.5 Å². The van der Waals surface area contributed by atoms with Gasteiger partial charge in [-0.3, -0.25) is 9.59 Å². The second-order valence-corrected chi connectivity index (χ2v) is 9.74. The van der Waals surface area contributed by atoms with Gasteiger partial charge >= 0.3 is 0 Å². The predicted octanol–water partition coefficient (Wildman–Crippen LogP) is 5.75. The Labute approximate surface area is 227 Å². The van der Waals surface area contributed by atoms with Crippen LogP contribution < -0.4 is 14.8 Å². The minimum atomic E-state index is -0.695. The van der Waals surface area contributed by atoms with Crippen LogP contribution in [0.15, 0.2) is 78.9 Å². The molecule has 0 aliphatic heterocycles. The summed E-state index contributed by atoms with van der Waals surface area (Å²) >= 11 is 0. The minimum absolute atomic E-state index is 0.167.